The van der Waals surface area contributed by atoms with E-state index in [1.165, 1.54) is 0 Å². The molecule has 1 amide bonds. The fourth-order valence-electron chi connectivity index (χ4n) is 1.63. The summed E-state index contributed by atoms with van der Waals surface area (Å²) in [5.74, 6) is -1.84. The molecule has 0 saturated heterocycles. The van der Waals surface area contributed by atoms with Crippen LogP contribution < -0.4 is 5.32 Å². The second kappa shape index (κ2) is 6.33. The van der Waals surface area contributed by atoms with Crippen molar-refractivity contribution in [2.45, 2.75) is 6.42 Å². The van der Waals surface area contributed by atoms with Crippen molar-refractivity contribution in [3.8, 4) is 0 Å². The van der Waals surface area contributed by atoms with Crippen LogP contribution in [0.1, 0.15) is 5.56 Å². The average Bonchev–Trinajstić information content (AvgIpc) is 2.39. The molecule has 0 aliphatic rings. The molecule has 2 aromatic rings. The Bertz CT molecular complexity index is 664. The van der Waals surface area contributed by atoms with E-state index in [2.05, 4.69) is 21.2 Å². The van der Waals surface area contributed by atoms with E-state index in [-0.39, 0.29) is 16.6 Å². The molecule has 6 heteroatoms. The Hall–Kier alpha value is -1.46. The zero-order valence-electron chi connectivity index (χ0n) is 10.1. The van der Waals surface area contributed by atoms with Gasteiger partial charge in [-0.05, 0) is 33.6 Å². The number of hydrogen-bond donors (Lipinski definition) is 1. The highest BCUT2D eigenvalue weighted by molar-refractivity contribution is 9.10. The maximum absolute atomic E-state index is 13.6. The quantitative estimate of drug-likeness (QED) is 0.799. The molecule has 20 heavy (non-hydrogen) atoms. The van der Waals surface area contributed by atoms with E-state index in [1.807, 2.05) is 0 Å². The van der Waals surface area contributed by atoms with Crippen molar-refractivity contribution < 1.29 is 13.6 Å². The van der Waals surface area contributed by atoms with Crippen molar-refractivity contribution >= 4 is 39.1 Å². The summed E-state index contributed by atoms with van der Waals surface area (Å²) in [6.07, 6.45) is -0.0171. The summed E-state index contributed by atoms with van der Waals surface area (Å²) in [7, 11) is 0. The molecule has 0 saturated carbocycles. The fraction of sp³-hybridized carbons (Fsp3) is 0.0714. The zero-order chi connectivity index (χ0) is 14.7. The van der Waals surface area contributed by atoms with Gasteiger partial charge in [0.2, 0.25) is 5.91 Å². The van der Waals surface area contributed by atoms with E-state index in [0.29, 0.717) is 10.6 Å². The first-order valence-electron chi connectivity index (χ1n) is 5.65. The lowest BCUT2D eigenvalue weighted by molar-refractivity contribution is -0.115. The van der Waals surface area contributed by atoms with E-state index in [9.17, 15) is 13.6 Å². The minimum atomic E-state index is -0.717. The smallest absolute Gasteiger partial charge is 0.228 e. The van der Waals surface area contributed by atoms with E-state index in [0.717, 1.165) is 12.1 Å². The Morgan fingerprint density at radius 1 is 1.20 bits per heavy atom. The van der Waals surface area contributed by atoms with Crippen LogP contribution in [0.4, 0.5) is 14.5 Å². The van der Waals surface area contributed by atoms with Gasteiger partial charge in [0.05, 0.1) is 16.6 Å². The van der Waals surface area contributed by atoms with Gasteiger partial charge in [0.1, 0.15) is 11.6 Å². The number of rotatable bonds is 3. The number of nitrogens with one attached hydrogen (secondary N) is 1. The number of halogens is 4. The molecule has 0 unspecified atom stereocenters. The molecule has 0 radical (unpaired) electrons. The largest absolute Gasteiger partial charge is 0.323 e. The number of benzene rings is 2. The van der Waals surface area contributed by atoms with Crippen LogP contribution in [0, 0.1) is 11.6 Å². The first kappa shape index (κ1) is 14.9. The summed E-state index contributed by atoms with van der Waals surface area (Å²) in [6, 6.07) is 8.72. The van der Waals surface area contributed by atoms with Gasteiger partial charge in [-0.3, -0.25) is 4.79 Å². The predicted molar refractivity (Wildman–Crippen MR) is 77.8 cm³/mol. The Morgan fingerprint density at radius 2 is 1.90 bits per heavy atom. The molecule has 0 aromatic heterocycles. The van der Waals surface area contributed by atoms with Crippen LogP contribution >= 0.6 is 27.5 Å². The van der Waals surface area contributed by atoms with Gasteiger partial charge in [0, 0.05) is 11.1 Å². The third-order valence-corrected chi connectivity index (χ3v) is 3.57. The Kier molecular flexibility index (Phi) is 4.73. The van der Waals surface area contributed by atoms with Gasteiger partial charge < -0.3 is 5.32 Å². The third kappa shape index (κ3) is 3.55. The van der Waals surface area contributed by atoms with Crippen molar-refractivity contribution in [1.29, 1.82) is 0 Å². The average molecular weight is 361 g/mol. The molecule has 0 atom stereocenters. The molecular formula is C14H9BrClF2NO. The summed E-state index contributed by atoms with van der Waals surface area (Å²) < 4.78 is 26.9. The van der Waals surface area contributed by atoms with Crippen LogP contribution in [-0.2, 0) is 11.2 Å². The highest BCUT2D eigenvalue weighted by Crippen LogP contribution is 2.24. The lowest BCUT2D eigenvalue weighted by Gasteiger charge is -2.08. The van der Waals surface area contributed by atoms with Gasteiger partial charge in [0.15, 0.2) is 0 Å². The maximum Gasteiger partial charge on any atom is 0.228 e. The van der Waals surface area contributed by atoms with E-state index >= 15 is 0 Å². The van der Waals surface area contributed by atoms with Crippen LogP contribution in [-0.4, -0.2) is 5.91 Å². The van der Waals surface area contributed by atoms with Gasteiger partial charge >= 0.3 is 0 Å². The number of carbonyl (C=O) groups excluding carboxylic acids is 1. The van der Waals surface area contributed by atoms with Crippen LogP contribution in [0.15, 0.2) is 40.9 Å². The standard InChI is InChI=1S/C14H9BrClF2NO/c15-9-6-12(18)13(7-11(9)17)19-14(20)5-8-3-1-2-4-10(8)16/h1-4,6-7H,5H2,(H,19,20). The highest BCUT2D eigenvalue weighted by Gasteiger charge is 2.12. The van der Waals surface area contributed by atoms with Gasteiger partial charge in [-0.25, -0.2) is 8.78 Å². The molecule has 2 aromatic carbocycles. The summed E-state index contributed by atoms with van der Waals surface area (Å²) >= 11 is 8.79. The molecule has 1 N–H and O–H groups in total. The molecular weight excluding hydrogens is 352 g/mol. The van der Waals surface area contributed by atoms with Crippen LogP contribution in [0.25, 0.3) is 0 Å². The fourth-order valence-corrected chi connectivity index (χ4v) is 2.15. The molecule has 0 aliphatic carbocycles. The second-order valence-electron chi connectivity index (χ2n) is 4.06. The zero-order valence-corrected chi connectivity index (χ0v) is 12.4. The lowest BCUT2D eigenvalue weighted by Crippen LogP contribution is -2.15. The van der Waals surface area contributed by atoms with Crippen LogP contribution in [0.5, 0.6) is 0 Å². The molecule has 2 rings (SSSR count). The SMILES string of the molecule is O=C(Cc1ccccc1Cl)Nc1cc(F)c(Br)cc1F. The monoisotopic (exact) mass is 359 g/mol. The Morgan fingerprint density at radius 3 is 2.60 bits per heavy atom. The Labute approximate surface area is 127 Å². The number of hydrogen-bond acceptors (Lipinski definition) is 1. The minimum Gasteiger partial charge on any atom is -0.323 e. The molecule has 0 heterocycles. The van der Waals surface area contributed by atoms with Crippen molar-refractivity contribution in [2.24, 2.45) is 0 Å². The molecule has 0 aliphatic heterocycles. The third-order valence-electron chi connectivity index (χ3n) is 2.59. The molecule has 0 bridgehead atoms. The topological polar surface area (TPSA) is 29.1 Å². The molecule has 0 spiro atoms. The van der Waals surface area contributed by atoms with E-state index in [1.54, 1.807) is 24.3 Å². The Balaban J connectivity index is 2.13. The first-order chi connectivity index (χ1) is 9.47. The van der Waals surface area contributed by atoms with Gasteiger partial charge in [0.25, 0.3) is 0 Å². The predicted octanol–water partition coefficient (Wildman–Crippen LogP) is 4.56. The summed E-state index contributed by atoms with van der Waals surface area (Å²) in [6.45, 7) is 0. The summed E-state index contributed by atoms with van der Waals surface area (Å²) in [5.41, 5.74) is 0.410. The van der Waals surface area contributed by atoms with Crippen LogP contribution in [0.3, 0.4) is 0 Å². The summed E-state index contributed by atoms with van der Waals surface area (Å²) in [4.78, 5) is 11.8. The normalized spacial score (nSPS) is 10.4. The molecule has 2 nitrogen and oxygen atoms in total. The van der Waals surface area contributed by atoms with Crippen molar-refractivity contribution in [1.82, 2.24) is 0 Å². The van der Waals surface area contributed by atoms with Gasteiger partial charge in [-0.1, -0.05) is 29.8 Å². The molecule has 104 valence electrons. The van der Waals surface area contributed by atoms with Crippen molar-refractivity contribution in [2.75, 3.05) is 5.32 Å². The summed E-state index contributed by atoms with van der Waals surface area (Å²) in [5, 5.41) is 2.77. The number of carbonyl (C=O) groups is 1. The number of anilines is 1. The maximum atomic E-state index is 13.6. The first-order valence-corrected chi connectivity index (χ1v) is 6.82. The second-order valence-corrected chi connectivity index (χ2v) is 5.32. The minimum absolute atomic E-state index is 0.000831. The van der Waals surface area contributed by atoms with Crippen LogP contribution in [0.2, 0.25) is 5.02 Å². The van der Waals surface area contributed by atoms with Crippen molar-refractivity contribution in [3.63, 3.8) is 0 Å². The van der Waals surface area contributed by atoms with Gasteiger partial charge in [-0.2, -0.15) is 0 Å². The van der Waals surface area contributed by atoms with Gasteiger partial charge in [-0.15, -0.1) is 0 Å². The van der Waals surface area contributed by atoms with E-state index in [4.69, 9.17) is 11.6 Å². The van der Waals surface area contributed by atoms with E-state index < -0.39 is 17.5 Å². The number of amides is 1. The molecule has 0 fully saturated rings. The van der Waals surface area contributed by atoms with Crippen molar-refractivity contribution in [3.05, 3.63) is 63.1 Å². The highest BCUT2D eigenvalue weighted by atomic mass is 79.9. The lowest BCUT2D eigenvalue weighted by atomic mass is 10.1.